The standard InChI is InChI=1S/C8H14INO/c1-6-3-8(9)5-10(4-6)7(2)11/h6,8H,3-5H2,1-2H3. The number of carbonyl (C=O) groups excluding carboxylic acids is 1. The molecular weight excluding hydrogens is 253 g/mol. The van der Waals surface area contributed by atoms with Crippen molar-refractivity contribution < 1.29 is 4.79 Å². The third kappa shape index (κ3) is 2.61. The fourth-order valence-electron chi connectivity index (χ4n) is 1.53. The van der Waals surface area contributed by atoms with Gasteiger partial charge in [-0.25, -0.2) is 0 Å². The molecule has 1 rings (SSSR count). The summed E-state index contributed by atoms with van der Waals surface area (Å²) in [5, 5.41) is 0. The van der Waals surface area contributed by atoms with Crippen molar-refractivity contribution in [1.29, 1.82) is 0 Å². The Morgan fingerprint density at radius 2 is 2.18 bits per heavy atom. The highest BCUT2D eigenvalue weighted by atomic mass is 127. The topological polar surface area (TPSA) is 20.3 Å². The minimum Gasteiger partial charge on any atom is -0.342 e. The maximum absolute atomic E-state index is 11.0. The lowest BCUT2D eigenvalue weighted by Gasteiger charge is -2.33. The molecule has 1 fully saturated rings. The van der Waals surface area contributed by atoms with Crippen LogP contribution in [-0.4, -0.2) is 27.8 Å². The van der Waals surface area contributed by atoms with E-state index in [0.717, 1.165) is 13.1 Å². The van der Waals surface area contributed by atoms with Crippen LogP contribution in [0.1, 0.15) is 20.3 Å². The molecule has 1 aliphatic rings. The Morgan fingerprint density at radius 1 is 1.55 bits per heavy atom. The first-order valence-electron chi connectivity index (χ1n) is 3.99. The minimum atomic E-state index is 0.221. The quantitative estimate of drug-likeness (QED) is 0.483. The van der Waals surface area contributed by atoms with Crippen LogP contribution in [0.3, 0.4) is 0 Å². The molecule has 1 heterocycles. The lowest BCUT2D eigenvalue weighted by atomic mass is 10.0. The Hall–Kier alpha value is 0.200. The van der Waals surface area contributed by atoms with Gasteiger partial charge in [0.05, 0.1) is 0 Å². The number of carbonyl (C=O) groups is 1. The molecule has 0 radical (unpaired) electrons. The molecular formula is C8H14INO. The number of hydrogen-bond donors (Lipinski definition) is 0. The van der Waals surface area contributed by atoms with Crippen molar-refractivity contribution in [2.75, 3.05) is 13.1 Å². The second-order valence-electron chi connectivity index (χ2n) is 3.36. The van der Waals surface area contributed by atoms with Gasteiger partial charge in [-0.3, -0.25) is 4.79 Å². The summed E-state index contributed by atoms with van der Waals surface area (Å²) in [5.74, 6) is 0.896. The summed E-state index contributed by atoms with van der Waals surface area (Å²) in [5.41, 5.74) is 0. The molecule has 0 aromatic rings. The molecule has 1 amide bonds. The van der Waals surface area contributed by atoms with Crippen molar-refractivity contribution in [3.8, 4) is 0 Å². The predicted molar refractivity (Wildman–Crippen MR) is 53.8 cm³/mol. The van der Waals surface area contributed by atoms with E-state index in [-0.39, 0.29) is 5.91 Å². The Kier molecular flexibility index (Phi) is 3.16. The van der Waals surface area contributed by atoms with E-state index in [1.165, 1.54) is 6.42 Å². The summed E-state index contributed by atoms with van der Waals surface area (Å²) < 4.78 is 0.653. The van der Waals surface area contributed by atoms with Crippen LogP contribution in [0.25, 0.3) is 0 Å². The van der Waals surface area contributed by atoms with Crippen LogP contribution in [0.15, 0.2) is 0 Å². The summed E-state index contributed by atoms with van der Waals surface area (Å²) in [4.78, 5) is 13.0. The van der Waals surface area contributed by atoms with Crippen LogP contribution >= 0.6 is 22.6 Å². The number of amides is 1. The van der Waals surface area contributed by atoms with Gasteiger partial charge in [0.2, 0.25) is 5.91 Å². The van der Waals surface area contributed by atoms with Gasteiger partial charge in [-0.05, 0) is 12.3 Å². The lowest BCUT2D eigenvalue weighted by molar-refractivity contribution is -0.130. The van der Waals surface area contributed by atoms with Crippen molar-refractivity contribution >= 4 is 28.5 Å². The van der Waals surface area contributed by atoms with E-state index in [4.69, 9.17) is 0 Å². The van der Waals surface area contributed by atoms with E-state index < -0.39 is 0 Å². The smallest absolute Gasteiger partial charge is 0.219 e. The van der Waals surface area contributed by atoms with E-state index in [9.17, 15) is 4.79 Å². The third-order valence-electron chi connectivity index (χ3n) is 2.05. The Bertz CT molecular complexity index is 150. The number of nitrogens with zero attached hydrogens (tertiary/aromatic N) is 1. The summed E-state index contributed by atoms with van der Waals surface area (Å²) in [7, 11) is 0. The number of rotatable bonds is 0. The van der Waals surface area contributed by atoms with Crippen LogP contribution in [-0.2, 0) is 4.79 Å². The van der Waals surface area contributed by atoms with E-state index >= 15 is 0 Å². The highest BCUT2D eigenvalue weighted by Gasteiger charge is 2.23. The molecule has 2 unspecified atom stereocenters. The maximum Gasteiger partial charge on any atom is 0.219 e. The zero-order valence-corrected chi connectivity index (χ0v) is 9.17. The first-order chi connectivity index (χ1) is 5.09. The van der Waals surface area contributed by atoms with E-state index in [1.54, 1.807) is 6.92 Å². The molecule has 0 aromatic carbocycles. The van der Waals surface area contributed by atoms with Crippen LogP contribution < -0.4 is 0 Å². The van der Waals surface area contributed by atoms with Crippen molar-refractivity contribution in [1.82, 2.24) is 4.90 Å². The molecule has 1 saturated heterocycles. The van der Waals surface area contributed by atoms with Gasteiger partial charge in [-0.2, -0.15) is 0 Å². The number of likely N-dealkylation sites (tertiary alicyclic amines) is 1. The van der Waals surface area contributed by atoms with Gasteiger partial charge >= 0.3 is 0 Å². The van der Waals surface area contributed by atoms with Crippen LogP contribution in [0.2, 0.25) is 0 Å². The third-order valence-corrected chi connectivity index (χ3v) is 2.96. The van der Waals surface area contributed by atoms with Gasteiger partial charge in [0.15, 0.2) is 0 Å². The molecule has 11 heavy (non-hydrogen) atoms. The molecule has 0 bridgehead atoms. The molecule has 1 aliphatic heterocycles. The van der Waals surface area contributed by atoms with E-state index in [2.05, 4.69) is 29.5 Å². The molecule has 2 nitrogen and oxygen atoms in total. The van der Waals surface area contributed by atoms with Crippen LogP contribution in [0.4, 0.5) is 0 Å². The van der Waals surface area contributed by atoms with Crippen molar-refractivity contribution in [3.05, 3.63) is 0 Å². The molecule has 2 atom stereocenters. The van der Waals surface area contributed by atoms with Gasteiger partial charge in [0.25, 0.3) is 0 Å². The number of hydrogen-bond acceptors (Lipinski definition) is 1. The molecule has 0 N–H and O–H groups in total. The van der Waals surface area contributed by atoms with E-state index in [1.807, 2.05) is 4.90 Å². The highest BCUT2D eigenvalue weighted by molar-refractivity contribution is 14.1. The van der Waals surface area contributed by atoms with Gasteiger partial charge < -0.3 is 4.90 Å². The fraction of sp³-hybridized carbons (Fsp3) is 0.875. The molecule has 3 heteroatoms. The van der Waals surface area contributed by atoms with Gasteiger partial charge in [-0.1, -0.05) is 29.5 Å². The van der Waals surface area contributed by atoms with E-state index in [0.29, 0.717) is 9.84 Å². The average molecular weight is 267 g/mol. The van der Waals surface area contributed by atoms with Crippen LogP contribution in [0, 0.1) is 5.92 Å². The number of halogens is 1. The fourth-order valence-corrected chi connectivity index (χ4v) is 2.88. The number of piperidine rings is 1. The first-order valence-corrected chi connectivity index (χ1v) is 5.23. The summed E-state index contributed by atoms with van der Waals surface area (Å²) in [6, 6.07) is 0. The summed E-state index contributed by atoms with van der Waals surface area (Å²) >= 11 is 2.43. The molecule has 0 aliphatic carbocycles. The van der Waals surface area contributed by atoms with Gasteiger partial charge in [-0.15, -0.1) is 0 Å². The van der Waals surface area contributed by atoms with Crippen molar-refractivity contribution in [3.63, 3.8) is 0 Å². The first kappa shape index (κ1) is 9.29. The average Bonchev–Trinajstić information content (AvgIpc) is 1.85. The molecule has 64 valence electrons. The van der Waals surface area contributed by atoms with Gasteiger partial charge in [0.1, 0.15) is 0 Å². The zero-order chi connectivity index (χ0) is 8.43. The normalized spacial score (nSPS) is 32.1. The number of alkyl halides is 1. The monoisotopic (exact) mass is 267 g/mol. The maximum atomic E-state index is 11.0. The van der Waals surface area contributed by atoms with Crippen molar-refractivity contribution in [2.45, 2.75) is 24.2 Å². The second kappa shape index (κ2) is 3.74. The SMILES string of the molecule is CC(=O)N1CC(C)CC(I)C1. The minimum absolute atomic E-state index is 0.221. The molecule has 0 saturated carbocycles. The zero-order valence-electron chi connectivity index (χ0n) is 7.01. The second-order valence-corrected chi connectivity index (χ2v) is 5.12. The van der Waals surface area contributed by atoms with Gasteiger partial charge in [0, 0.05) is 23.9 Å². The Labute approximate surface area is 81.5 Å². The Balaban J connectivity index is 2.49. The highest BCUT2D eigenvalue weighted by Crippen LogP contribution is 2.21. The largest absolute Gasteiger partial charge is 0.342 e. The summed E-state index contributed by atoms with van der Waals surface area (Å²) in [6.45, 7) is 5.76. The molecule has 0 aromatic heterocycles. The lowest BCUT2D eigenvalue weighted by Crippen LogP contribution is -2.42. The van der Waals surface area contributed by atoms with Crippen LogP contribution in [0.5, 0.6) is 0 Å². The molecule has 0 spiro atoms. The summed E-state index contributed by atoms with van der Waals surface area (Å²) in [6.07, 6.45) is 1.25. The van der Waals surface area contributed by atoms with Crippen molar-refractivity contribution in [2.24, 2.45) is 5.92 Å². The Morgan fingerprint density at radius 3 is 2.64 bits per heavy atom. The predicted octanol–water partition coefficient (Wildman–Crippen LogP) is 1.68.